The molecule has 28 heavy (non-hydrogen) atoms. The van der Waals surface area contributed by atoms with Crippen LogP contribution in [0.1, 0.15) is 24.1 Å². The maximum absolute atomic E-state index is 12.8. The number of carbonyl (C=O) groups excluding carboxylic acids is 1. The van der Waals surface area contributed by atoms with E-state index in [1.807, 2.05) is 25.1 Å². The largest absolute Gasteiger partial charge is 0.496 e. The van der Waals surface area contributed by atoms with Crippen LogP contribution in [0.2, 0.25) is 0 Å². The molecule has 2 aromatic rings. The van der Waals surface area contributed by atoms with Crippen LogP contribution in [-0.2, 0) is 14.8 Å². The van der Waals surface area contributed by atoms with Gasteiger partial charge in [0, 0.05) is 12.6 Å². The van der Waals surface area contributed by atoms with Crippen LogP contribution in [0.4, 0.5) is 0 Å². The molecule has 0 spiro atoms. The van der Waals surface area contributed by atoms with Gasteiger partial charge in [-0.3, -0.25) is 4.79 Å². The Balaban J connectivity index is 2.09. The molecule has 7 nitrogen and oxygen atoms in total. The predicted molar refractivity (Wildman–Crippen MR) is 107 cm³/mol. The van der Waals surface area contributed by atoms with Crippen LogP contribution in [0.5, 0.6) is 11.5 Å². The number of amides is 1. The molecule has 0 saturated heterocycles. The number of ether oxygens (including phenoxy) is 2. The fraction of sp³-hybridized carbons (Fsp3) is 0.350. The van der Waals surface area contributed by atoms with Crippen molar-refractivity contribution in [1.29, 1.82) is 0 Å². The van der Waals surface area contributed by atoms with Crippen molar-refractivity contribution in [1.82, 2.24) is 9.62 Å². The Morgan fingerprint density at radius 2 is 1.75 bits per heavy atom. The maximum atomic E-state index is 12.8. The summed E-state index contributed by atoms with van der Waals surface area (Å²) in [6.07, 6.45) is 0. The number of nitrogens with one attached hydrogen (secondary N) is 1. The third-order valence-electron chi connectivity index (χ3n) is 4.42. The molecule has 1 atom stereocenters. The molecule has 8 heteroatoms. The molecule has 0 fully saturated rings. The molecule has 0 heterocycles. The molecule has 0 aromatic heterocycles. The van der Waals surface area contributed by atoms with Crippen molar-refractivity contribution in [2.24, 2.45) is 0 Å². The number of para-hydroxylation sites is 1. The third kappa shape index (κ3) is 4.82. The van der Waals surface area contributed by atoms with Gasteiger partial charge < -0.3 is 14.8 Å². The lowest BCUT2D eigenvalue weighted by Gasteiger charge is -2.21. The molecular formula is C20H26N2O5S. The summed E-state index contributed by atoms with van der Waals surface area (Å²) in [5.41, 5.74) is 1.51. The van der Waals surface area contributed by atoms with Crippen LogP contribution in [0, 0.1) is 6.92 Å². The van der Waals surface area contributed by atoms with E-state index in [2.05, 4.69) is 5.32 Å². The number of benzene rings is 2. The van der Waals surface area contributed by atoms with Gasteiger partial charge in [-0.05, 0) is 43.7 Å². The lowest BCUT2D eigenvalue weighted by molar-refractivity contribution is -0.121. The van der Waals surface area contributed by atoms with Crippen LogP contribution < -0.4 is 14.8 Å². The van der Waals surface area contributed by atoms with E-state index in [1.54, 1.807) is 26.2 Å². The van der Waals surface area contributed by atoms with Gasteiger partial charge in [0.2, 0.25) is 15.9 Å². The smallest absolute Gasteiger partial charge is 0.243 e. The lowest BCUT2D eigenvalue weighted by atomic mass is 10.1. The van der Waals surface area contributed by atoms with E-state index in [1.165, 1.54) is 26.3 Å². The number of nitrogens with zero attached hydrogens (tertiary/aromatic N) is 1. The SMILES string of the molecule is COc1ccc(S(=O)(=O)N(C)CC(=O)NC(C)c2ccccc2OC)cc1C. The molecule has 0 saturated carbocycles. The number of aryl methyl sites for hydroxylation is 1. The van der Waals surface area contributed by atoms with E-state index in [4.69, 9.17) is 9.47 Å². The van der Waals surface area contributed by atoms with Crippen molar-refractivity contribution >= 4 is 15.9 Å². The Labute approximate surface area is 166 Å². The van der Waals surface area contributed by atoms with Crippen molar-refractivity contribution in [3.05, 3.63) is 53.6 Å². The fourth-order valence-electron chi connectivity index (χ4n) is 2.87. The summed E-state index contributed by atoms with van der Waals surface area (Å²) >= 11 is 0. The average molecular weight is 407 g/mol. The van der Waals surface area contributed by atoms with Crippen molar-refractivity contribution in [3.8, 4) is 11.5 Å². The first-order valence-corrected chi connectivity index (χ1v) is 10.2. The van der Waals surface area contributed by atoms with Gasteiger partial charge in [0.05, 0.1) is 31.7 Å². The molecule has 0 aliphatic rings. The Hall–Kier alpha value is -2.58. The fourth-order valence-corrected chi connectivity index (χ4v) is 4.08. The van der Waals surface area contributed by atoms with Crippen LogP contribution >= 0.6 is 0 Å². The first-order valence-electron chi connectivity index (χ1n) is 8.74. The minimum atomic E-state index is -3.80. The number of likely N-dealkylation sites (N-methyl/N-ethyl adjacent to an activating group) is 1. The molecule has 0 bridgehead atoms. The Bertz CT molecular complexity index is 943. The van der Waals surface area contributed by atoms with Gasteiger partial charge >= 0.3 is 0 Å². The summed E-state index contributed by atoms with van der Waals surface area (Å²) in [7, 11) is 0.658. The zero-order chi connectivity index (χ0) is 20.9. The van der Waals surface area contributed by atoms with Gasteiger partial charge in [0.15, 0.2) is 0 Å². The van der Waals surface area contributed by atoms with Crippen LogP contribution in [0.3, 0.4) is 0 Å². The predicted octanol–water partition coefficient (Wildman–Crippen LogP) is 2.51. The molecule has 1 unspecified atom stereocenters. The highest BCUT2D eigenvalue weighted by Crippen LogP contribution is 2.25. The summed E-state index contributed by atoms with van der Waals surface area (Å²) in [5, 5.41) is 2.81. The van der Waals surface area contributed by atoms with E-state index in [-0.39, 0.29) is 17.5 Å². The number of rotatable bonds is 8. The first-order chi connectivity index (χ1) is 13.2. The molecule has 1 N–H and O–H groups in total. The van der Waals surface area contributed by atoms with E-state index in [9.17, 15) is 13.2 Å². The lowest BCUT2D eigenvalue weighted by Crippen LogP contribution is -2.39. The molecule has 0 aliphatic heterocycles. The number of carbonyl (C=O) groups is 1. The van der Waals surface area contributed by atoms with Gasteiger partial charge in [0.25, 0.3) is 0 Å². The highest BCUT2D eigenvalue weighted by Gasteiger charge is 2.24. The highest BCUT2D eigenvalue weighted by molar-refractivity contribution is 7.89. The quantitative estimate of drug-likeness (QED) is 0.728. The summed E-state index contributed by atoms with van der Waals surface area (Å²) in [5.74, 6) is 0.852. The second kappa shape index (κ2) is 9.07. The summed E-state index contributed by atoms with van der Waals surface area (Å²) in [6.45, 7) is 3.28. The zero-order valence-electron chi connectivity index (χ0n) is 16.7. The molecule has 0 aliphatic carbocycles. The van der Waals surface area contributed by atoms with Crippen molar-refractivity contribution in [2.45, 2.75) is 24.8 Å². The van der Waals surface area contributed by atoms with Crippen molar-refractivity contribution in [3.63, 3.8) is 0 Å². The molecular weight excluding hydrogens is 380 g/mol. The number of sulfonamides is 1. The summed E-state index contributed by atoms with van der Waals surface area (Å²) in [6, 6.07) is 11.6. The monoisotopic (exact) mass is 406 g/mol. The van der Waals surface area contributed by atoms with Gasteiger partial charge in [-0.2, -0.15) is 4.31 Å². The van der Waals surface area contributed by atoms with Gasteiger partial charge in [-0.1, -0.05) is 18.2 Å². The molecule has 0 radical (unpaired) electrons. The second-order valence-corrected chi connectivity index (χ2v) is 8.47. The molecule has 2 aromatic carbocycles. The number of methoxy groups -OCH3 is 2. The van der Waals surface area contributed by atoms with Crippen molar-refractivity contribution in [2.75, 3.05) is 27.8 Å². The van der Waals surface area contributed by atoms with Crippen LogP contribution in [0.15, 0.2) is 47.4 Å². The third-order valence-corrected chi connectivity index (χ3v) is 6.22. The second-order valence-electron chi connectivity index (χ2n) is 6.42. The normalized spacial score (nSPS) is 12.5. The summed E-state index contributed by atoms with van der Waals surface area (Å²) in [4.78, 5) is 12.5. The minimum absolute atomic E-state index is 0.110. The molecule has 2 rings (SSSR count). The molecule has 152 valence electrons. The first kappa shape index (κ1) is 21.7. The van der Waals surface area contributed by atoms with E-state index >= 15 is 0 Å². The Morgan fingerprint density at radius 1 is 1.11 bits per heavy atom. The molecule has 1 amide bonds. The van der Waals surface area contributed by atoms with E-state index in [0.717, 1.165) is 9.87 Å². The van der Waals surface area contributed by atoms with Gasteiger partial charge in [0.1, 0.15) is 11.5 Å². The standard InChI is InChI=1S/C20H26N2O5S/c1-14-12-16(10-11-18(14)26-4)28(24,25)22(3)13-20(23)21-15(2)17-8-6-7-9-19(17)27-5/h6-12,15H,13H2,1-5H3,(H,21,23). The van der Waals surface area contributed by atoms with Crippen LogP contribution in [-0.4, -0.2) is 46.4 Å². The highest BCUT2D eigenvalue weighted by atomic mass is 32.2. The Kier molecular flexibility index (Phi) is 7.04. The van der Waals surface area contributed by atoms with Crippen molar-refractivity contribution < 1.29 is 22.7 Å². The average Bonchev–Trinajstić information content (AvgIpc) is 2.67. The number of hydrogen-bond donors (Lipinski definition) is 1. The maximum Gasteiger partial charge on any atom is 0.243 e. The van der Waals surface area contributed by atoms with Gasteiger partial charge in [-0.25, -0.2) is 8.42 Å². The Morgan fingerprint density at radius 3 is 2.36 bits per heavy atom. The minimum Gasteiger partial charge on any atom is -0.496 e. The van der Waals surface area contributed by atoms with E-state index < -0.39 is 15.9 Å². The topological polar surface area (TPSA) is 84.9 Å². The zero-order valence-corrected chi connectivity index (χ0v) is 17.5. The van der Waals surface area contributed by atoms with E-state index in [0.29, 0.717) is 17.1 Å². The van der Waals surface area contributed by atoms with Gasteiger partial charge in [-0.15, -0.1) is 0 Å². The number of hydrogen-bond acceptors (Lipinski definition) is 5. The summed E-state index contributed by atoms with van der Waals surface area (Å²) < 4.78 is 37.0. The van der Waals surface area contributed by atoms with Crippen LogP contribution in [0.25, 0.3) is 0 Å².